The summed E-state index contributed by atoms with van der Waals surface area (Å²) in [5.41, 5.74) is -0.872. The number of aliphatic imine (C=N–C) groups is 1. The van der Waals surface area contributed by atoms with Crippen LogP contribution in [0.1, 0.15) is 53.4 Å². The smallest absolute Gasteiger partial charge is 0.299 e. The van der Waals surface area contributed by atoms with Gasteiger partial charge in [0.25, 0.3) is 6.02 Å². The van der Waals surface area contributed by atoms with E-state index in [0.717, 1.165) is 19.3 Å². The van der Waals surface area contributed by atoms with Crippen molar-refractivity contribution in [3.63, 3.8) is 0 Å². The van der Waals surface area contributed by atoms with Gasteiger partial charge in [0.1, 0.15) is 10.3 Å². The average molecular weight is 304 g/mol. The van der Waals surface area contributed by atoms with E-state index in [-0.39, 0.29) is 18.2 Å². The number of sulfonamides is 1. The van der Waals surface area contributed by atoms with E-state index in [2.05, 4.69) is 9.71 Å². The minimum atomic E-state index is -3.55. The first kappa shape index (κ1) is 15.6. The Bertz CT molecular complexity index is 510. The molecular weight excluding hydrogens is 280 g/mol. The van der Waals surface area contributed by atoms with Gasteiger partial charge in [0.2, 0.25) is 10.0 Å². The fourth-order valence-electron chi connectivity index (χ4n) is 2.43. The van der Waals surface area contributed by atoms with Crippen molar-refractivity contribution < 1.29 is 18.3 Å². The summed E-state index contributed by atoms with van der Waals surface area (Å²) < 4.78 is 31.7. The summed E-state index contributed by atoms with van der Waals surface area (Å²) in [6.45, 7) is 6.76. The Hall–Kier alpha value is -0.820. The number of nitrogens with zero attached hydrogens (tertiary/aromatic N) is 1. The van der Waals surface area contributed by atoms with Crippen molar-refractivity contribution in [2.24, 2.45) is 4.99 Å². The van der Waals surface area contributed by atoms with Crippen LogP contribution in [0.15, 0.2) is 4.99 Å². The minimum Gasteiger partial charge on any atom is -0.457 e. The number of amidine groups is 1. The Morgan fingerprint density at radius 1 is 1.30 bits per heavy atom. The van der Waals surface area contributed by atoms with Crippen molar-refractivity contribution in [3.8, 4) is 0 Å². The molecule has 6 nitrogen and oxygen atoms in total. The molecule has 0 spiro atoms. The van der Waals surface area contributed by atoms with Crippen molar-refractivity contribution in [1.82, 2.24) is 4.72 Å². The molecule has 20 heavy (non-hydrogen) atoms. The fraction of sp³-hybridized carbons (Fsp3) is 0.923. The van der Waals surface area contributed by atoms with Gasteiger partial charge in [-0.3, -0.25) is 0 Å². The Morgan fingerprint density at radius 3 is 2.50 bits per heavy atom. The van der Waals surface area contributed by atoms with Gasteiger partial charge in [0.05, 0.1) is 12.1 Å². The van der Waals surface area contributed by atoms with Crippen LogP contribution in [0.25, 0.3) is 0 Å². The zero-order chi connectivity index (χ0) is 15.2. The molecule has 2 unspecified atom stereocenters. The molecule has 1 saturated heterocycles. The van der Waals surface area contributed by atoms with Gasteiger partial charge in [-0.2, -0.15) is 0 Å². The molecule has 1 aliphatic heterocycles. The SMILES string of the molecule is CC1(C)OC(=NC2CCCC(O)C2)NS(=O)(=O)C1(C)C. The summed E-state index contributed by atoms with van der Waals surface area (Å²) in [5.74, 6) is 0. The van der Waals surface area contributed by atoms with Crippen LogP contribution in [0, 0.1) is 0 Å². The standard InChI is InChI=1S/C13H24N2O4S/c1-12(2)13(3,4)20(17,18)15-11(19-12)14-9-6-5-7-10(16)8-9/h9-10,16H,5-8H2,1-4H3,(H,14,15). The number of hydrogen-bond acceptors (Lipinski definition) is 5. The highest BCUT2D eigenvalue weighted by molar-refractivity contribution is 7.91. The van der Waals surface area contributed by atoms with E-state index in [1.54, 1.807) is 27.7 Å². The summed E-state index contributed by atoms with van der Waals surface area (Å²) in [7, 11) is -3.55. The lowest BCUT2D eigenvalue weighted by Gasteiger charge is -2.44. The van der Waals surface area contributed by atoms with Crippen LogP contribution in [0.3, 0.4) is 0 Å². The molecule has 0 aromatic heterocycles. The van der Waals surface area contributed by atoms with Gasteiger partial charge >= 0.3 is 0 Å². The minimum absolute atomic E-state index is 0.0495. The Kier molecular flexibility index (Phi) is 3.79. The summed E-state index contributed by atoms with van der Waals surface area (Å²) in [6.07, 6.45) is 2.72. The Labute approximate surface area is 120 Å². The maximum Gasteiger partial charge on any atom is 0.299 e. The van der Waals surface area contributed by atoms with Gasteiger partial charge in [-0.15, -0.1) is 0 Å². The third-order valence-electron chi connectivity index (χ3n) is 4.61. The van der Waals surface area contributed by atoms with Crippen molar-refractivity contribution >= 4 is 16.0 Å². The molecule has 0 bridgehead atoms. The number of ether oxygens (including phenoxy) is 1. The molecule has 7 heteroatoms. The molecule has 1 aliphatic carbocycles. The molecule has 1 saturated carbocycles. The van der Waals surface area contributed by atoms with Gasteiger partial charge in [0, 0.05) is 0 Å². The molecule has 116 valence electrons. The average Bonchev–Trinajstić information content (AvgIpc) is 2.25. The monoisotopic (exact) mass is 304 g/mol. The number of hydrogen-bond donors (Lipinski definition) is 2. The second-order valence-electron chi connectivity index (χ2n) is 6.64. The highest BCUT2D eigenvalue weighted by Gasteiger charge is 2.54. The van der Waals surface area contributed by atoms with Crippen LogP contribution in [0.2, 0.25) is 0 Å². The normalized spacial score (nSPS) is 37.0. The maximum atomic E-state index is 12.3. The van der Waals surface area contributed by atoms with E-state index in [1.165, 1.54) is 0 Å². The number of aliphatic hydroxyl groups is 1. The largest absolute Gasteiger partial charge is 0.457 e. The van der Waals surface area contributed by atoms with Crippen LogP contribution in [0.4, 0.5) is 0 Å². The van der Waals surface area contributed by atoms with E-state index in [1.807, 2.05) is 0 Å². The zero-order valence-corrected chi connectivity index (χ0v) is 13.3. The van der Waals surface area contributed by atoms with Crippen LogP contribution in [-0.2, 0) is 14.8 Å². The molecule has 2 N–H and O–H groups in total. The van der Waals surface area contributed by atoms with Gasteiger partial charge in [0.15, 0.2) is 0 Å². The van der Waals surface area contributed by atoms with Crippen molar-refractivity contribution in [3.05, 3.63) is 0 Å². The fourth-order valence-corrected chi connectivity index (χ4v) is 3.69. The third kappa shape index (κ3) is 2.65. The number of aliphatic hydroxyl groups excluding tert-OH is 1. The quantitative estimate of drug-likeness (QED) is 0.760. The molecule has 0 aromatic carbocycles. The molecule has 1 heterocycles. The van der Waals surface area contributed by atoms with Gasteiger partial charge in [-0.25, -0.2) is 18.1 Å². The predicted octanol–water partition coefficient (Wildman–Crippen LogP) is 1.15. The summed E-state index contributed by atoms with van der Waals surface area (Å²) >= 11 is 0. The highest BCUT2D eigenvalue weighted by atomic mass is 32.2. The molecule has 2 fully saturated rings. The topological polar surface area (TPSA) is 88.0 Å². The van der Waals surface area contributed by atoms with Crippen molar-refractivity contribution in [2.45, 2.75) is 75.9 Å². The Balaban J connectivity index is 2.23. The lowest BCUT2D eigenvalue weighted by molar-refractivity contribution is 0.0454. The second-order valence-corrected chi connectivity index (χ2v) is 8.87. The molecule has 0 radical (unpaired) electrons. The van der Waals surface area contributed by atoms with E-state index in [9.17, 15) is 13.5 Å². The number of nitrogens with one attached hydrogen (secondary N) is 1. The van der Waals surface area contributed by atoms with Crippen LogP contribution < -0.4 is 4.72 Å². The van der Waals surface area contributed by atoms with E-state index in [4.69, 9.17) is 4.74 Å². The van der Waals surface area contributed by atoms with E-state index < -0.39 is 20.4 Å². The number of rotatable bonds is 1. The highest BCUT2D eigenvalue weighted by Crippen LogP contribution is 2.36. The van der Waals surface area contributed by atoms with Gasteiger partial charge in [-0.1, -0.05) is 0 Å². The predicted molar refractivity (Wildman–Crippen MR) is 77.0 cm³/mol. The van der Waals surface area contributed by atoms with E-state index in [0.29, 0.717) is 6.42 Å². The maximum absolute atomic E-state index is 12.3. The molecule has 0 aromatic rings. The van der Waals surface area contributed by atoms with Crippen LogP contribution in [-0.4, -0.2) is 42.0 Å². The first-order valence-corrected chi connectivity index (χ1v) is 8.51. The molecule has 2 rings (SSSR count). The third-order valence-corrected chi connectivity index (χ3v) is 6.89. The first-order chi connectivity index (χ1) is 9.05. The Morgan fingerprint density at radius 2 is 1.95 bits per heavy atom. The van der Waals surface area contributed by atoms with Crippen molar-refractivity contribution in [2.75, 3.05) is 0 Å². The van der Waals surface area contributed by atoms with Crippen LogP contribution in [0.5, 0.6) is 0 Å². The summed E-state index contributed by atoms with van der Waals surface area (Å²) in [4.78, 5) is 4.35. The lowest BCUT2D eigenvalue weighted by atomic mass is 9.93. The second kappa shape index (κ2) is 4.87. The van der Waals surface area contributed by atoms with Gasteiger partial charge < -0.3 is 9.84 Å². The summed E-state index contributed by atoms with van der Waals surface area (Å²) in [5, 5.41) is 9.65. The molecule has 0 amide bonds. The summed E-state index contributed by atoms with van der Waals surface area (Å²) in [6, 6.07) is -0.0399. The van der Waals surface area contributed by atoms with Gasteiger partial charge in [-0.05, 0) is 53.4 Å². The molecule has 2 atom stereocenters. The lowest BCUT2D eigenvalue weighted by Crippen LogP contribution is -2.64. The van der Waals surface area contributed by atoms with Crippen molar-refractivity contribution in [1.29, 1.82) is 0 Å². The first-order valence-electron chi connectivity index (χ1n) is 7.02. The molecule has 2 aliphatic rings. The zero-order valence-electron chi connectivity index (χ0n) is 12.5. The van der Waals surface area contributed by atoms with E-state index >= 15 is 0 Å². The van der Waals surface area contributed by atoms with Crippen LogP contribution >= 0.6 is 0 Å². The molecular formula is C13H24N2O4S.